The van der Waals surface area contributed by atoms with Gasteiger partial charge in [-0.1, -0.05) is 171 Å². The van der Waals surface area contributed by atoms with Crippen LogP contribution in [-0.2, 0) is 37.3 Å². The summed E-state index contributed by atoms with van der Waals surface area (Å²) >= 11 is 0. The molecule has 0 saturated heterocycles. The van der Waals surface area contributed by atoms with E-state index < -0.39 is 0 Å². The summed E-state index contributed by atoms with van der Waals surface area (Å²) < 4.78 is 11.5. The Morgan fingerprint density at radius 2 is 1.01 bits per heavy atom. The molecule has 6 nitrogen and oxygen atoms in total. The van der Waals surface area contributed by atoms with Gasteiger partial charge in [-0.2, -0.15) is 12.1 Å². The second-order valence-corrected chi connectivity index (χ2v) is 23.9. The molecule has 0 saturated carbocycles. The average molecular weight is 1210 g/mol. The molecule has 0 fully saturated rings. The van der Waals surface area contributed by atoms with Gasteiger partial charge < -0.3 is 23.7 Å². The maximum atomic E-state index is 6.84. The van der Waals surface area contributed by atoms with Crippen LogP contribution in [0.15, 0.2) is 206 Å². The largest absolute Gasteiger partial charge is 0.509 e. The first kappa shape index (κ1) is 51.6. The standard InChI is InChI=1S/C72H62N5O.Pt/c1-70(2,3)51-35-36-73-69(43-51)77-65-33-29-49(48-21-17-23-55(37-48)76-63-27-15-13-25-59(63)60-26-14-16-28-64(60)76)38-62(65)61-32-31-58(45-67(61)77)78-57-24-18-22-54(44-57)74-46-75(56-41-52(71(4,5)6)40-53(42-56)72(7,8)9)68-39-50(30-34-66(68)74)47-19-11-10-12-20-47;/h10-43,46H,1-9H3;/q-3;. The van der Waals surface area contributed by atoms with Gasteiger partial charge in [-0.05, 0) is 127 Å². The van der Waals surface area contributed by atoms with E-state index in [1.807, 2.05) is 24.4 Å². The molecule has 9 aromatic carbocycles. The Labute approximate surface area is 478 Å². The minimum Gasteiger partial charge on any atom is -0.509 e. The molecule has 0 amide bonds. The molecule has 3 aromatic heterocycles. The number of anilines is 4. The molecule has 79 heavy (non-hydrogen) atoms. The minimum absolute atomic E-state index is 0. The van der Waals surface area contributed by atoms with E-state index in [-0.39, 0.29) is 37.3 Å². The van der Waals surface area contributed by atoms with E-state index in [1.54, 1.807) is 0 Å². The monoisotopic (exact) mass is 1210 g/mol. The van der Waals surface area contributed by atoms with Crippen LogP contribution in [0.3, 0.4) is 0 Å². The first-order valence-electron chi connectivity index (χ1n) is 27.1. The fourth-order valence-corrected chi connectivity index (χ4v) is 11.2. The second kappa shape index (κ2) is 19.6. The van der Waals surface area contributed by atoms with Crippen molar-refractivity contribution in [2.75, 3.05) is 9.80 Å². The first-order valence-corrected chi connectivity index (χ1v) is 27.1. The number of hydrogen-bond acceptors (Lipinski definition) is 4. The number of hydrogen-bond donors (Lipinski definition) is 0. The van der Waals surface area contributed by atoms with Crippen LogP contribution in [0.5, 0.6) is 11.5 Å². The fraction of sp³-hybridized carbons (Fsp3) is 0.167. The van der Waals surface area contributed by atoms with Crippen molar-refractivity contribution in [1.29, 1.82) is 0 Å². The van der Waals surface area contributed by atoms with E-state index in [0.29, 0.717) is 11.5 Å². The molecule has 1 aliphatic heterocycles. The summed E-state index contributed by atoms with van der Waals surface area (Å²) in [6.07, 6.45) is 1.92. The van der Waals surface area contributed by atoms with E-state index >= 15 is 0 Å². The number of benzene rings is 9. The predicted molar refractivity (Wildman–Crippen MR) is 326 cm³/mol. The summed E-state index contributed by atoms with van der Waals surface area (Å²) in [6.45, 7) is 22.7. The summed E-state index contributed by atoms with van der Waals surface area (Å²) in [4.78, 5) is 9.58. The van der Waals surface area contributed by atoms with E-state index in [1.165, 1.54) is 44.1 Å². The Morgan fingerprint density at radius 3 is 1.72 bits per heavy atom. The Kier molecular flexibility index (Phi) is 12.8. The zero-order valence-electron chi connectivity index (χ0n) is 46.2. The van der Waals surface area contributed by atoms with Crippen molar-refractivity contribution < 1.29 is 25.8 Å². The Balaban J connectivity index is 0.00000623. The molecule has 13 rings (SSSR count). The zero-order chi connectivity index (χ0) is 53.7. The molecular weight excluding hydrogens is 1150 g/mol. The summed E-state index contributed by atoms with van der Waals surface area (Å²) in [6, 6.07) is 79.5. The van der Waals surface area contributed by atoms with Gasteiger partial charge in [0.25, 0.3) is 0 Å². The van der Waals surface area contributed by atoms with Crippen LogP contribution in [0.25, 0.3) is 77.4 Å². The minimum atomic E-state index is -0.0792. The molecule has 0 atom stereocenters. The third-order valence-corrected chi connectivity index (χ3v) is 15.5. The van der Waals surface area contributed by atoms with Crippen LogP contribution < -0.4 is 14.5 Å². The van der Waals surface area contributed by atoms with Crippen molar-refractivity contribution in [2.45, 2.75) is 78.6 Å². The first-order chi connectivity index (χ1) is 37.5. The molecule has 0 radical (unpaired) electrons. The Hall–Kier alpha value is -8.18. The van der Waals surface area contributed by atoms with Gasteiger partial charge in [-0.15, -0.1) is 48.1 Å². The molecular formula is C72H62N5OPt-3. The maximum Gasteiger partial charge on any atom is 0.135 e. The molecule has 4 heterocycles. The smallest absolute Gasteiger partial charge is 0.135 e. The quantitative estimate of drug-likeness (QED) is 0.142. The molecule has 7 heteroatoms. The fourth-order valence-electron chi connectivity index (χ4n) is 11.2. The van der Waals surface area contributed by atoms with Gasteiger partial charge in [0.05, 0.1) is 11.0 Å². The molecule has 394 valence electrons. The van der Waals surface area contributed by atoms with Crippen LogP contribution in [0.2, 0.25) is 0 Å². The summed E-state index contributed by atoms with van der Waals surface area (Å²) in [5, 5.41) is 4.66. The van der Waals surface area contributed by atoms with Crippen molar-refractivity contribution in [3.63, 3.8) is 0 Å². The SMILES string of the molecule is CC(C)(C)c1cc(N2[CH-]N(c3[c-]c(Oc4[c-]c5c(cc4)c4cc(-c6cccc(-n7c8ccccc8c8ccccc87)c6)ccc4n5-c4cc(C(C)(C)C)ccn4)ccc3)c3ccc(-c4ccccc4)cc32)cc(C(C)(C)C)c1.[Pt]. The molecule has 0 bridgehead atoms. The van der Waals surface area contributed by atoms with Crippen LogP contribution >= 0.6 is 0 Å². The van der Waals surface area contributed by atoms with Gasteiger partial charge in [-0.3, -0.25) is 0 Å². The number of nitrogens with zero attached hydrogens (tertiary/aromatic N) is 5. The van der Waals surface area contributed by atoms with Gasteiger partial charge in [0, 0.05) is 77.8 Å². The van der Waals surface area contributed by atoms with Crippen molar-refractivity contribution in [1.82, 2.24) is 14.1 Å². The Bertz CT molecular complexity index is 4210. The number of ether oxygens (including phenoxy) is 1. The summed E-state index contributed by atoms with van der Waals surface area (Å²) in [5.74, 6) is 2.00. The molecule has 0 spiro atoms. The summed E-state index contributed by atoms with van der Waals surface area (Å²) in [5.41, 5.74) is 17.8. The molecule has 0 aliphatic carbocycles. The van der Waals surface area contributed by atoms with Crippen molar-refractivity contribution in [3.8, 4) is 45.3 Å². The third kappa shape index (κ3) is 9.40. The number of rotatable bonds is 8. The normalized spacial score (nSPS) is 12.9. The van der Waals surface area contributed by atoms with E-state index in [4.69, 9.17) is 9.72 Å². The third-order valence-electron chi connectivity index (χ3n) is 15.5. The average Bonchev–Trinajstić information content (AvgIpc) is 4.08. The van der Waals surface area contributed by atoms with Crippen LogP contribution in [0, 0.1) is 18.8 Å². The van der Waals surface area contributed by atoms with Gasteiger partial charge in [0.15, 0.2) is 0 Å². The molecule has 0 unspecified atom stereocenters. The van der Waals surface area contributed by atoms with Gasteiger partial charge in [0.1, 0.15) is 5.82 Å². The topological polar surface area (TPSA) is 38.5 Å². The number of aromatic nitrogens is 3. The number of fused-ring (bicyclic) bond motifs is 7. The predicted octanol–water partition coefficient (Wildman–Crippen LogP) is 19.3. The maximum absolute atomic E-state index is 6.84. The van der Waals surface area contributed by atoms with Gasteiger partial charge in [-0.25, -0.2) is 4.98 Å². The van der Waals surface area contributed by atoms with Crippen molar-refractivity contribution in [3.05, 3.63) is 242 Å². The zero-order valence-corrected chi connectivity index (χ0v) is 48.4. The molecule has 12 aromatic rings. The van der Waals surface area contributed by atoms with E-state index in [9.17, 15) is 0 Å². The van der Waals surface area contributed by atoms with Crippen molar-refractivity contribution in [2.24, 2.45) is 0 Å². The molecule has 1 aliphatic rings. The van der Waals surface area contributed by atoms with Crippen LogP contribution in [0.4, 0.5) is 22.7 Å². The van der Waals surface area contributed by atoms with E-state index in [2.05, 4.69) is 282 Å². The summed E-state index contributed by atoms with van der Waals surface area (Å²) in [7, 11) is 0. The van der Waals surface area contributed by atoms with Crippen molar-refractivity contribution >= 4 is 66.4 Å². The second-order valence-electron chi connectivity index (χ2n) is 23.9. The van der Waals surface area contributed by atoms with Gasteiger partial charge >= 0.3 is 0 Å². The number of pyridine rings is 1. The van der Waals surface area contributed by atoms with Gasteiger partial charge in [0.2, 0.25) is 0 Å². The van der Waals surface area contributed by atoms with Crippen LogP contribution in [-0.4, -0.2) is 14.1 Å². The van der Waals surface area contributed by atoms with Crippen LogP contribution in [0.1, 0.15) is 79.0 Å². The van der Waals surface area contributed by atoms with E-state index in [0.717, 1.165) is 72.8 Å². The Morgan fingerprint density at radius 1 is 0.405 bits per heavy atom. The number of para-hydroxylation sites is 2. The molecule has 0 N–H and O–H groups in total.